The first-order chi connectivity index (χ1) is 17.0. The molecule has 2 heterocycles. The standard InChI is InChI=1S/C26H31N5O4/c1-15(32)29-17-5-7-18(8-6-17)30-26(33)21-12-27-22-13-28-25(31-24(21)22)20-11-19(34-2)9-10-23(20)35-14-16-3-4-16/h9-13,16-18,27H,3-8,14H2,1-2H3,(H,29,32)(H,30,33). The molecule has 9 nitrogen and oxygen atoms in total. The molecule has 2 aliphatic rings. The minimum absolute atomic E-state index is 0.0103. The fraction of sp³-hybridized carbons (Fsp3) is 0.462. The lowest BCUT2D eigenvalue weighted by molar-refractivity contribution is -0.119. The number of rotatable bonds is 8. The van der Waals surface area contributed by atoms with E-state index < -0.39 is 0 Å². The highest BCUT2D eigenvalue weighted by Crippen LogP contribution is 2.35. The van der Waals surface area contributed by atoms with Crippen molar-refractivity contribution in [3.8, 4) is 22.9 Å². The van der Waals surface area contributed by atoms with E-state index in [1.165, 1.54) is 19.8 Å². The molecule has 3 aromatic rings. The molecular weight excluding hydrogens is 446 g/mol. The van der Waals surface area contributed by atoms with Crippen LogP contribution in [-0.4, -0.2) is 52.6 Å². The summed E-state index contributed by atoms with van der Waals surface area (Å²) in [5, 5.41) is 6.11. The highest BCUT2D eigenvalue weighted by molar-refractivity contribution is 6.05. The molecule has 0 aliphatic heterocycles. The SMILES string of the molecule is COc1ccc(OCC2CC2)c(-c2ncc3[nH]cc(C(=O)NC4CCC(NC(C)=O)CC4)c3n2)c1. The smallest absolute Gasteiger partial charge is 0.255 e. The third-order valence-electron chi connectivity index (χ3n) is 6.73. The maximum atomic E-state index is 13.1. The maximum absolute atomic E-state index is 13.1. The second-order valence-corrected chi connectivity index (χ2v) is 9.50. The minimum Gasteiger partial charge on any atom is -0.497 e. The number of fused-ring (bicyclic) bond motifs is 1. The fourth-order valence-electron chi connectivity index (χ4n) is 4.58. The van der Waals surface area contributed by atoms with E-state index in [-0.39, 0.29) is 23.9 Å². The van der Waals surface area contributed by atoms with Crippen LogP contribution >= 0.6 is 0 Å². The highest BCUT2D eigenvalue weighted by Gasteiger charge is 2.25. The van der Waals surface area contributed by atoms with Gasteiger partial charge in [-0.05, 0) is 62.6 Å². The predicted molar refractivity (Wildman–Crippen MR) is 131 cm³/mol. The van der Waals surface area contributed by atoms with E-state index in [0.29, 0.717) is 46.4 Å². The summed E-state index contributed by atoms with van der Waals surface area (Å²) in [5.41, 5.74) is 2.47. The maximum Gasteiger partial charge on any atom is 0.255 e. The van der Waals surface area contributed by atoms with Crippen LogP contribution in [0, 0.1) is 5.92 Å². The number of ether oxygens (including phenoxy) is 2. The molecule has 3 N–H and O–H groups in total. The van der Waals surface area contributed by atoms with E-state index in [1.807, 2.05) is 18.2 Å². The number of nitrogens with zero attached hydrogens (tertiary/aromatic N) is 2. The van der Waals surface area contributed by atoms with Crippen LogP contribution in [0.1, 0.15) is 55.8 Å². The van der Waals surface area contributed by atoms with Crippen LogP contribution in [0.2, 0.25) is 0 Å². The number of aromatic nitrogens is 3. The number of hydrogen-bond donors (Lipinski definition) is 3. The van der Waals surface area contributed by atoms with Crippen LogP contribution in [0.4, 0.5) is 0 Å². The Morgan fingerprint density at radius 3 is 2.51 bits per heavy atom. The van der Waals surface area contributed by atoms with Crippen molar-refractivity contribution < 1.29 is 19.1 Å². The van der Waals surface area contributed by atoms with E-state index in [4.69, 9.17) is 14.5 Å². The van der Waals surface area contributed by atoms with E-state index >= 15 is 0 Å². The van der Waals surface area contributed by atoms with Crippen LogP contribution in [0.5, 0.6) is 11.5 Å². The van der Waals surface area contributed by atoms with Crippen LogP contribution in [0.15, 0.2) is 30.6 Å². The number of benzene rings is 1. The third-order valence-corrected chi connectivity index (χ3v) is 6.73. The zero-order valence-electron chi connectivity index (χ0n) is 20.1. The average molecular weight is 478 g/mol. The van der Waals surface area contributed by atoms with E-state index in [9.17, 15) is 9.59 Å². The van der Waals surface area contributed by atoms with Gasteiger partial charge in [-0.25, -0.2) is 9.97 Å². The first-order valence-corrected chi connectivity index (χ1v) is 12.2. The van der Waals surface area contributed by atoms with E-state index in [0.717, 1.165) is 31.2 Å². The molecule has 35 heavy (non-hydrogen) atoms. The molecule has 0 saturated heterocycles. The Morgan fingerprint density at radius 2 is 1.83 bits per heavy atom. The monoisotopic (exact) mass is 477 g/mol. The Morgan fingerprint density at radius 1 is 1.09 bits per heavy atom. The van der Waals surface area contributed by atoms with Gasteiger partial charge in [0.05, 0.1) is 36.6 Å². The second-order valence-electron chi connectivity index (χ2n) is 9.50. The van der Waals surface area contributed by atoms with Crippen LogP contribution in [0.25, 0.3) is 22.4 Å². The molecule has 0 radical (unpaired) electrons. The number of aromatic amines is 1. The van der Waals surface area contributed by atoms with Crippen molar-refractivity contribution in [2.24, 2.45) is 5.92 Å². The summed E-state index contributed by atoms with van der Waals surface area (Å²) in [6, 6.07) is 5.86. The van der Waals surface area contributed by atoms with Gasteiger partial charge in [-0.3, -0.25) is 9.59 Å². The number of nitrogens with one attached hydrogen (secondary N) is 3. The van der Waals surface area contributed by atoms with E-state index in [1.54, 1.807) is 19.5 Å². The Hall–Kier alpha value is -3.62. The van der Waals surface area contributed by atoms with Gasteiger partial charge in [0.1, 0.15) is 17.0 Å². The number of hydrogen-bond acceptors (Lipinski definition) is 6. The van der Waals surface area contributed by atoms with Crippen LogP contribution < -0.4 is 20.1 Å². The molecule has 9 heteroatoms. The number of carbonyl (C=O) groups excluding carboxylic acids is 2. The molecule has 2 saturated carbocycles. The minimum atomic E-state index is -0.167. The van der Waals surface area contributed by atoms with Gasteiger partial charge in [-0.15, -0.1) is 0 Å². The van der Waals surface area contributed by atoms with Gasteiger partial charge in [0.25, 0.3) is 5.91 Å². The molecule has 0 bridgehead atoms. The summed E-state index contributed by atoms with van der Waals surface area (Å²) >= 11 is 0. The lowest BCUT2D eigenvalue weighted by atomic mass is 9.91. The first kappa shape index (κ1) is 23.1. The summed E-state index contributed by atoms with van der Waals surface area (Å²) in [4.78, 5) is 36.8. The van der Waals surface area contributed by atoms with Gasteiger partial charge in [0, 0.05) is 25.2 Å². The average Bonchev–Trinajstić information content (AvgIpc) is 3.59. The summed E-state index contributed by atoms with van der Waals surface area (Å²) in [5.74, 6) is 2.30. The molecular formula is C26H31N5O4. The summed E-state index contributed by atoms with van der Waals surface area (Å²) in [7, 11) is 1.62. The molecule has 0 atom stereocenters. The molecule has 2 fully saturated rings. The summed E-state index contributed by atoms with van der Waals surface area (Å²) < 4.78 is 11.5. The Kier molecular flexibility index (Phi) is 6.57. The van der Waals surface area contributed by atoms with Crippen molar-refractivity contribution in [2.75, 3.05) is 13.7 Å². The molecule has 2 amide bonds. The van der Waals surface area contributed by atoms with Gasteiger partial charge >= 0.3 is 0 Å². The zero-order chi connectivity index (χ0) is 24.4. The molecule has 0 spiro atoms. The van der Waals surface area contributed by atoms with Gasteiger partial charge in [0.2, 0.25) is 5.91 Å². The Labute approximate surface area is 204 Å². The largest absolute Gasteiger partial charge is 0.497 e. The topological polar surface area (TPSA) is 118 Å². The predicted octanol–water partition coefficient (Wildman–Crippen LogP) is 3.60. The van der Waals surface area contributed by atoms with Crippen molar-refractivity contribution in [1.82, 2.24) is 25.6 Å². The summed E-state index contributed by atoms with van der Waals surface area (Å²) in [6.07, 6.45) is 9.12. The zero-order valence-corrected chi connectivity index (χ0v) is 20.1. The highest BCUT2D eigenvalue weighted by atomic mass is 16.5. The van der Waals surface area contributed by atoms with Crippen molar-refractivity contribution in [3.05, 3.63) is 36.2 Å². The fourth-order valence-corrected chi connectivity index (χ4v) is 4.58. The number of H-pyrrole nitrogens is 1. The van der Waals surface area contributed by atoms with Crippen LogP contribution in [-0.2, 0) is 4.79 Å². The third kappa shape index (κ3) is 5.39. The number of methoxy groups -OCH3 is 1. The molecule has 5 rings (SSSR count). The molecule has 1 aromatic carbocycles. The molecule has 0 unspecified atom stereocenters. The first-order valence-electron chi connectivity index (χ1n) is 12.2. The summed E-state index contributed by atoms with van der Waals surface area (Å²) in [6.45, 7) is 2.21. The van der Waals surface area contributed by atoms with Crippen LogP contribution in [0.3, 0.4) is 0 Å². The van der Waals surface area contributed by atoms with Gasteiger partial charge in [-0.1, -0.05) is 0 Å². The Bertz CT molecular complexity index is 1230. The van der Waals surface area contributed by atoms with Gasteiger partial charge in [0.15, 0.2) is 5.82 Å². The lowest BCUT2D eigenvalue weighted by Gasteiger charge is -2.29. The second kappa shape index (κ2) is 9.93. The number of carbonyl (C=O) groups is 2. The molecule has 2 aromatic heterocycles. The van der Waals surface area contributed by atoms with E-state index in [2.05, 4.69) is 20.6 Å². The van der Waals surface area contributed by atoms with Gasteiger partial charge in [-0.2, -0.15) is 0 Å². The van der Waals surface area contributed by atoms with Crippen molar-refractivity contribution in [3.63, 3.8) is 0 Å². The van der Waals surface area contributed by atoms with Crippen molar-refractivity contribution in [1.29, 1.82) is 0 Å². The van der Waals surface area contributed by atoms with Crippen molar-refractivity contribution >= 4 is 22.8 Å². The lowest BCUT2D eigenvalue weighted by Crippen LogP contribution is -2.43. The number of amides is 2. The quantitative estimate of drug-likeness (QED) is 0.456. The molecule has 184 valence electrons. The molecule has 2 aliphatic carbocycles. The van der Waals surface area contributed by atoms with Crippen molar-refractivity contribution in [2.45, 2.75) is 57.5 Å². The van der Waals surface area contributed by atoms with Gasteiger partial charge < -0.3 is 25.1 Å². The Balaban J connectivity index is 1.35. The normalized spacial score (nSPS) is 19.8.